The van der Waals surface area contributed by atoms with Gasteiger partial charge in [0, 0.05) is 0 Å². The van der Waals surface area contributed by atoms with Crippen LogP contribution >= 0.6 is 9.47 Å². The first kappa shape index (κ1) is 22.7. The Kier molecular flexibility index (Phi) is 44.8. The summed E-state index contributed by atoms with van der Waals surface area (Å²) in [5, 5.41) is 7.48. The molecule has 1 unspecified atom stereocenters. The Balaban J connectivity index is -0.0000000267. The molecule has 0 spiro atoms. The van der Waals surface area contributed by atoms with Gasteiger partial charge in [0.1, 0.15) is 0 Å². The Morgan fingerprint density at radius 2 is 1.62 bits per heavy atom. The molecule has 7 heteroatoms. The van der Waals surface area contributed by atoms with E-state index in [4.69, 9.17) is 9.90 Å². The molecule has 0 heterocycles. The fourth-order valence-electron chi connectivity index (χ4n) is 0. The van der Waals surface area contributed by atoms with Crippen molar-refractivity contribution in [3.8, 4) is 0 Å². The van der Waals surface area contributed by atoms with E-state index in [9.17, 15) is 0 Å². The SMILES string of the molecule is O=C(O)OP.[AlH3].[LiH].[LiH]. The Morgan fingerprint density at radius 1 is 1.50 bits per heavy atom. The van der Waals surface area contributed by atoms with Crippen molar-refractivity contribution in [1.29, 1.82) is 0 Å². The molecule has 40 valence electrons. The van der Waals surface area contributed by atoms with Crippen molar-refractivity contribution in [1.82, 2.24) is 0 Å². The third-order valence-corrected chi connectivity index (χ3v) is 0.302. The molecule has 0 saturated heterocycles. The number of carboxylic acid groups (broad SMARTS) is 1. The van der Waals surface area contributed by atoms with Crippen LogP contribution in [0, 0.1) is 0 Å². The molecule has 0 aromatic carbocycles. The second-order valence-electron chi connectivity index (χ2n) is 0.384. The summed E-state index contributed by atoms with van der Waals surface area (Å²) in [7, 11) is 1.59. The number of hydrogen-bond acceptors (Lipinski definition) is 2. The molecule has 0 radical (unpaired) electrons. The zero-order chi connectivity index (χ0) is 4.28. The summed E-state index contributed by atoms with van der Waals surface area (Å²) in [4.78, 5) is 9.12. The number of hydrogen-bond donors (Lipinski definition) is 1. The van der Waals surface area contributed by atoms with Crippen molar-refractivity contribution < 1.29 is 14.4 Å². The molecular weight excluding hydrogens is 132 g/mol. The molecule has 0 bridgehead atoms. The molecule has 3 nitrogen and oxygen atoms in total. The van der Waals surface area contributed by atoms with Crippen molar-refractivity contribution in [3.63, 3.8) is 0 Å². The summed E-state index contributed by atoms with van der Waals surface area (Å²) in [6, 6.07) is 0. The molecule has 0 fully saturated rings. The average Bonchev–Trinajstić information content (AvgIpc) is 1.38. The third kappa shape index (κ3) is 26.1. The van der Waals surface area contributed by atoms with Gasteiger partial charge in [-0.2, -0.15) is 0 Å². The van der Waals surface area contributed by atoms with Gasteiger partial charge >= 0.3 is 43.9 Å². The monoisotopic (exact) mass is 140 g/mol. The summed E-state index contributed by atoms with van der Waals surface area (Å²) in [5.74, 6) is 0. The predicted octanol–water partition coefficient (Wildman–Crippen LogP) is -2.01. The molecule has 0 aliphatic carbocycles. The van der Waals surface area contributed by atoms with Gasteiger partial charge in [0.05, 0.1) is 9.47 Å². The molecule has 0 aromatic rings. The van der Waals surface area contributed by atoms with E-state index in [1.807, 2.05) is 0 Å². The van der Waals surface area contributed by atoms with Gasteiger partial charge in [0.2, 0.25) is 0 Å². The van der Waals surface area contributed by atoms with Crippen LogP contribution in [0.25, 0.3) is 0 Å². The van der Waals surface area contributed by atoms with Crippen LogP contribution in [0.1, 0.15) is 0 Å². The van der Waals surface area contributed by atoms with E-state index in [0.717, 1.165) is 0 Å². The minimum atomic E-state index is -1.28. The van der Waals surface area contributed by atoms with Crippen LogP contribution in [0.2, 0.25) is 0 Å². The van der Waals surface area contributed by atoms with Gasteiger partial charge in [0.15, 0.2) is 17.4 Å². The first-order chi connectivity index (χ1) is 2.27. The molecular formula is CH8AlLi2O3P. The summed E-state index contributed by atoms with van der Waals surface area (Å²) < 4.78 is 3.58. The Hall–Kier alpha value is 1.43. The standard InChI is InChI=1S/CH3O3P.Al.2Li.5H/c2-1(3)4-5;;;;;;;;/h5H2,(H,2,3);;;;;;;;. The van der Waals surface area contributed by atoms with Crippen LogP contribution in [-0.2, 0) is 4.52 Å². The molecule has 0 amide bonds. The van der Waals surface area contributed by atoms with Gasteiger partial charge in [0.25, 0.3) is 0 Å². The minimum absolute atomic E-state index is 0. The van der Waals surface area contributed by atoms with E-state index in [1.54, 1.807) is 9.47 Å². The molecule has 0 rings (SSSR count). The van der Waals surface area contributed by atoms with Crippen molar-refractivity contribution in [3.05, 3.63) is 0 Å². The zero-order valence-electron chi connectivity index (χ0n) is 2.34. The average molecular weight is 140 g/mol. The second-order valence-corrected chi connectivity index (χ2v) is 0.619. The van der Waals surface area contributed by atoms with Crippen molar-refractivity contribution >= 4 is 70.7 Å². The first-order valence-electron chi connectivity index (χ1n) is 0.868. The molecule has 0 saturated carbocycles. The topological polar surface area (TPSA) is 46.5 Å². The van der Waals surface area contributed by atoms with Crippen LogP contribution in [0.15, 0.2) is 0 Å². The Bertz CT molecular complexity index is 52.5. The normalized spacial score (nSPS) is 4.12. The molecule has 0 aromatic heterocycles. The van der Waals surface area contributed by atoms with Crippen LogP contribution in [0.3, 0.4) is 0 Å². The van der Waals surface area contributed by atoms with Crippen LogP contribution < -0.4 is 0 Å². The fourth-order valence-corrected chi connectivity index (χ4v) is 0. The molecule has 1 N–H and O–H groups in total. The molecule has 8 heavy (non-hydrogen) atoms. The Morgan fingerprint density at radius 3 is 1.62 bits per heavy atom. The zero-order valence-corrected chi connectivity index (χ0v) is 3.50. The fraction of sp³-hybridized carbons (Fsp3) is 0. The maximum absolute atomic E-state index is 9.12. The van der Waals surface area contributed by atoms with E-state index in [-0.39, 0.29) is 55.1 Å². The van der Waals surface area contributed by atoms with E-state index >= 15 is 0 Å². The summed E-state index contributed by atoms with van der Waals surface area (Å²) in [6.07, 6.45) is -1.28. The summed E-state index contributed by atoms with van der Waals surface area (Å²) in [6.45, 7) is 0. The van der Waals surface area contributed by atoms with Crippen LogP contribution in [0.5, 0.6) is 0 Å². The van der Waals surface area contributed by atoms with Crippen molar-refractivity contribution in [2.24, 2.45) is 0 Å². The molecule has 1 atom stereocenters. The van der Waals surface area contributed by atoms with Crippen molar-refractivity contribution in [2.45, 2.75) is 0 Å². The number of rotatable bonds is 0. The summed E-state index contributed by atoms with van der Waals surface area (Å²) >= 11 is 0. The van der Waals surface area contributed by atoms with E-state index < -0.39 is 6.16 Å². The Labute approximate surface area is 84.7 Å². The van der Waals surface area contributed by atoms with Gasteiger partial charge in [-0.1, -0.05) is 0 Å². The van der Waals surface area contributed by atoms with Crippen molar-refractivity contribution in [2.75, 3.05) is 0 Å². The third-order valence-electron chi connectivity index (χ3n) is 0.101. The second kappa shape index (κ2) is 15.8. The molecule has 0 aliphatic heterocycles. The van der Waals surface area contributed by atoms with Gasteiger partial charge < -0.3 is 9.63 Å². The van der Waals surface area contributed by atoms with Gasteiger partial charge in [-0.15, -0.1) is 0 Å². The van der Waals surface area contributed by atoms with E-state index in [1.165, 1.54) is 0 Å². The molecule has 0 aliphatic rings. The quantitative estimate of drug-likeness (QED) is 0.312. The predicted molar refractivity (Wildman–Crippen MR) is 43.1 cm³/mol. The maximum atomic E-state index is 9.12. The van der Waals surface area contributed by atoms with Crippen LogP contribution in [0.4, 0.5) is 4.79 Å². The number of carbonyl (C=O) groups is 1. The van der Waals surface area contributed by atoms with Gasteiger partial charge in [-0.25, -0.2) is 4.79 Å². The van der Waals surface area contributed by atoms with E-state index in [0.29, 0.717) is 0 Å². The van der Waals surface area contributed by atoms with Gasteiger partial charge in [-0.05, 0) is 0 Å². The van der Waals surface area contributed by atoms with E-state index in [2.05, 4.69) is 4.52 Å². The first-order valence-corrected chi connectivity index (χ1v) is 1.34. The summed E-state index contributed by atoms with van der Waals surface area (Å²) in [5.41, 5.74) is 0. The van der Waals surface area contributed by atoms with Crippen LogP contribution in [-0.4, -0.2) is 66.3 Å². The van der Waals surface area contributed by atoms with Gasteiger partial charge in [-0.3, -0.25) is 0 Å².